The summed E-state index contributed by atoms with van der Waals surface area (Å²) in [5.74, 6) is 0.186. The maximum atomic E-state index is 11.6. The molecule has 0 aliphatic heterocycles. The van der Waals surface area contributed by atoms with Crippen molar-refractivity contribution in [1.82, 2.24) is 20.1 Å². The van der Waals surface area contributed by atoms with Gasteiger partial charge in [0.25, 0.3) is 0 Å². The number of nitrogens with zero attached hydrogens (tertiary/aromatic N) is 3. The van der Waals surface area contributed by atoms with Gasteiger partial charge < -0.3 is 11.1 Å². The van der Waals surface area contributed by atoms with Crippen molar-refractivity contribution in [3.05, 3.63) is 12.2 Å². The Morgan fingerprint density at radius 3 is 2.94 bits per heavy atom. The van der Waals surface area contributed by atoms with Crippen LogP contribution in [0.1, 0.15) is 32.1 Å². The highest BCUT2D eigenvalue weighted by Crippen LogP contribution is 2.03. The number of hydrogen-bond donors (Lipinski definition) is 2. The van der Waals surface area contributed by atoms with Gasteiger partial charge in [0, 0.05) is 6.54 Å². The molecule has 1 unspecified atom stereocenters. The lowest BCUT2D eigenvalue weighted by molar-refractivity contribution is -0.124. The third-order valence-corrected chi connectivity index (χ3v) is 2.24. The average Bonchev–Trinajstić information content (AvgIpc) is 2.74. The number of carbonyl (C=O) groups excluding carboxylic acids is 1. The van der Waals surface area contributed by atoms with Crippen LogP contribution < -0.4 is 11.1 Å². The Morgan fingerprint density at radius 2 is 2.44 bits per heavy atom. The van der Waals surface area contributed by atoms with Gasteiger partial charge >= 0.3 is 0 Å². The maximum Gasteiger partial charge on any atom is 0.244 e. The monoisotopic (exact) mass is 241 g/mol. The Bertz CT molecular complexity index is 389. The topological polar surface area (TPSA) is 85.8 Å². The molecule has 6 nitrogen and oxygen atoms in total. The van der Waals surface area contributed by atoms with E-state index >= 15 is 0 Å². The van der Waals surface area contributed by atoms with Gasteiger partial charge in [-0.1, -0.05) is 19.1 Å². The number of aromatic nitrogens is 3. The van der Waals surface area contributed by atoms with Gasteiger partial charge in [-0.15, -0.1) is 5.10 Å². The molecule has 16 heavy (non-hydrogen) atoms. The SMILES string of the molecule is CCCNC(=O)C(C)n1cnc(C(N)=S)n1. The molecule has 7 heteroatoms. The van der Waals surface area contributed by atoms with Crippen molar-refractivity contribution in [2.75, 3.05) is 6.54 Å². The minimum absolute atomic E-state index is 0.0961. The standard InChI is InChI=1S/C9H15N5OS/c1-3-4-11-9(15)6(2)14-5-12-8(13-14)7(10)16/h5-6H,3-4H2,1-2H3,(H2,10,16)(H,11,15). The predicted octanol–water partition coefficient (Wildman–Crippen LogP) is -0.000500. The normalized spacial score (nSPS) is 12.1. The summed E-state index contributed by atoms with van der Waals surface area (Å²) in [5, 5.41) is 6.79. The van der Waals surface area contributed by atoms with Gasteiger partial charge in [0.2, 0.25) is 11.7 Å². The van der Waals surface area contributed by atoms with Gasteiger partial charge in [-0.2, -0.15) is 0 Å². The Morgan fingerprint density at radius 1 is 1.75 bits per heavy atom. The third-order valence-electron chi connectivity index (χ3n) is 2.05. The van der Waals surface area contributed by atoms with Crippen LogP contribution in [-0.2, 0) is 4.79 Å². The summed E-state index contributed by atoms with van der Waals surface area (Å²) in [6.07, 6.45) is 2.35. The molecule has 1 atom stereocenters. The van der Waals surface area contributed by atoms with E-state index in [2.05, 4.69) is 15.4 Å². The van der Waals surface area contributed by atoms with Crippen molar-refractivity contribution in [1.29, 1.82) is 0 Å². The molecule has 88 valence electrons. The van der Waals surface area contributed by atoms with Crippen molar-refractivity contribution in [3.63, 3.8) is 0 Å². The lowest BCUT2D eigenvalue weighted by Gasteiger charge is -2.11. The number of nitrogens with two attached hydrogens (primary N) is 1. The highest BCUT2D eigenvalue weighted by molar-refractivity contribution is 7.80. The number of hydrogen-bond acceptors (Lipinski definition) is 4. The van der Waals surface area contributed by atoms with E-state index in [1.54, 1.807) is 6.92 Å². The molecule has 0 aromatic carbocycles. The summed E-state index contributed by atoms with van der Waals surface area (Å²) in [6, 6.07) is -0.415. The minimum Gasteiger partial charge on any atom is -0.387 e. The molecule has 3 N–H and O–H groups in total. The molecule has 1 amide bonds. The summed E-state index contributed by atoms with van der Waals surface area (Å²) in [7, 11) is 0. The largest absolute Gasteiger partial charge is 0.387 e. The first kappa shape index (κ1) is 12.6. The van der Waals surface area contributed by atoms with Crippen molar-refractivity contribution >= 4 is 23.1 Å². The van der Waals surface area contributed by atoms with Gasteiger partial charge in [-0.3, -0.25) is 4.79 Å². The number of nitrogens with one attached hydrogen (secondary N) is 1. The summed E-state index contributed by atoms with van der Waals surface area (Å²) < 4.78 is 1.44. The highest BCUT2D eigenvalue weighted by atomic mass is 32.1. The van der Waals surface area contributed by atoms with Gasteiger partial charge in [-0.05, 0) is 13.3 Å². The van der Waals surface area contributed by atoms with Crippen LogP contribution in [0.2, 0.25) is 0 Å². The zero-order valence-corrected chi connectivity index (χ0v) is 10.1. The first-order chi connectivity index (χ1) is 7.56. The molecule has 0 fully saturated rings. The van der Waals surface area contributed by atoms with Crippen LogP contribution in [0.25, 0.3) is 0 Å². The molecule has 0 aliphatic rings. The highest BCUT2D eigenvalue weighted by Gasteiger charge is 2.16. The van der Waals surface area contributed by atoms with E-state index in [9.17, 15) is 4.79 Å². The summed E-state index contributed by atoms with van der Waals surface area (Å²) in [5.41, 5.74) is 5.38. The van der Waals surface area contributed by atoms with E-state index in [1.807, 2.05) is 6.92 Å². The summed E-state index contributed by atoms with van der Waals surface area (Å²) >= 11 is 4.74. The Kier molecular flexibility index (Phi) is 4.36. The molecule has 0 bridgehead atoms. The van der Waals surface area contributed by atoms with Crippen LogP contribution in [0.3, 0.4) is 0 Å². The van der Waals surface area contributed by atoms with E-state index in [0.29, 0.717) is 6.54 Å². The smallest absolute Gasteiger partial charge is 0.244 e. The molecule has 1 heterocycles. The molecule has 0 aliphatic carbocycles. The number of carbonyl (C=O) groups is 1. The van der Waals surface area contributed by atoms with Crippen LogP contribution in [0.5, 0.6) is 0 Å². The zero-order chi connectivity index (χ0) is 12.1. The number of rotatable bonds is 5. The Labute approximate surface area is 99.2 Å². The molecule has 1 rings (SSSR count). The predicted molar refractivity (Wildman–Crippen MR) is 63.9 cm³/mol. The fourth-order valence-corrected chi connectivity index (χ4v) is 1.18. The summed E-state index contributed by atoms with van der Waals surface area (Å²) in [4.78, 5) is 15.6. The van der Waals surface area contributed by atoms with Crippen molar-refractivity contribution < 1.29 is 4.79 Å². The Balaban J connectivity index is 2.68. The quantitative estimate of drug-likeness (QED) is 0.709. The molecule has 1 aromatic rings. The molecular formula is C9H15N5OS. The molecule has 0 spiro atoms. The molecule has 0 radical (unpaired) electrons. The van der Waals surface area contributed by atoms with E-state index < -0.39 is 6.04 Å². The van der Waals surface area contributed by atoms with Crippen molar-refractivity contribution in [3.8, 4) is 0 Å². The maximum absolute atomic E-state index is 11.6. The first-order valence-electron chi connectivity index (χ1n) is 5.05. The second kappa shape index (κ2) is 5.55. The molecule has 0 saturated heterocycles. The zero-order valence-electron chi connectivity index (χ0n) is 9.30. The van der Waals surface area contributed by atoms with E-state index in [4.69, 9.17) is 18.0 Å². The van der Waals surface area contributed by atoms with Gasteiger partial charge in [-0.25, -0.2) is 9.67 Å². The lowest BCUT2D eigenvalue weighted by Crippen LogP contribution is -2.31. The molecule has 1 aromatic heterocycles. The number of thiocarbonyl (C=S) groups is 1. The minimum atomic E-state index is -0.415. The fraction of sp³-hybridized carbons (Fsp3) is 0.556. The van der Waals surface area contributed by atoms with Crippen LogP contribution in [0.4, 0.5) is 0 Å². The average molecular weight is 241 g/mol. The second-order valence-electron chi connectivity index (χ2n) is 3.38. The summed E-state index contributed by atoms with van der Waals surface area (Å²) in [6.45, 7) is 4.38. The van der Waals surface area contributed by atoms with Gasteiger partial charge in [0.1, 0.15) is 17.4 Å². The molecule has 0 saturated carbocycles. The van der Waals surface area contributed by atoms with Crippen molar-refractivity contribution in [2.24, 2.45) is 5.73 Å². The molecular weight excluding hydrogens is 226 g/mol. The van der Waals surface area contributed by atoms with Crippen LogP contribution >= 0.6 is 12.2 Å². The number of amides is 1. The van der Waals surface area contributed by atoms with Crippen LogP contribution in [0, 0.1) is 0 Å². The van der Waals surface area contributed by atoms with Gasteiger partial charge in [0.05, 0.1) is 0 Å². The van der Waals surface area contributed by atoms with Crippen LogP contribution in [0.15, 0.2) is 6.33 Å². The lowest BCUT2D eigenvalue weighted by atomic mass is 10.3. The van der Waals surface area contributed by atoms with Crippen LogP contribution in [-0.4, -0.2) is 32.2 Å². The van der Waals surface area contributed by atoms with E-state index in [1.165, 1.54) is 11.0 Å². The Hall–Kier alpha value is -1.50. The fourth-order valence-electron chi connectivity index (χ4n) is 1.09. The van der Waals surface area contributed by atoms with E-state index in [0.717, 1.165) is 6.42 Å². The first-order valence-corrected chi connectivity index (χ1v) is 5.45. The van der Waals surface area contributed by atoms with Gasteiger partial charge in [0.15, 0.2) is 0 Å². The third kappa shape index (κ3) is 2.99. The van der Waals surface area contributed by atoms with Crippen molar-refractivity contribution in [2.45, 2.75) is 26.3 Å². The van der Waals surface area contributed by atoms with E-state index in [-0.39, 0.29) is 16.7 Å². The second-order valence-corrected chi connectivity index (χ2v) is 3.82.